The fourth-order valence-corrected chi connectivity index (χ4v) is 1.47. The minimum absolute atomic E-state index is 0.112. The van der Waals surface area contributed by atoms with Crippen LogP contribution in [0.15, 0.2) is 36.9 Å². The summed E-state index contributed by atoms with van der Waals surface area (Å²) >= 11 is 0. The van der Waals surface area contributed by atoms with Crippen LogP contribution in [0.25, 0.3) is 0 Å². The van der Waals surface area contributed by atoms with E-state index in [4.69, 9.17) is 0 Å². The van der Waals surface area contributed by atoms with Crippen LogP contribution < -0.4 is 5.32 Å². The first-order valence-electron chi connectivity index (χ1n) is 5.83. The molecule has 0 aliphatic carbocycles. The molecule has 98 valence electrons. The van der Waals surface area contributed by atoms with Crippen LogP contribution in [0.1, 0.15) is 15.9 Å². The molecular weight excluding hydrogens is 242 g/mol. The first-order valence-corrected chi connectivity index (χ1v) is 5.83. The monoisotopic (exact) mass is 257 g/mol. The number of carbonyl (C=O) groups excluding carboxylic acids is 1. The minimum atomic E-state index is -0.112. The molecule has 0 bridgehead atoms. The van der Waals surface area contributed by atoms with E-state index in [9.17, 15) is 4.79 Å². The van der Waals surface area contributed by atoms with E-state index in [1.54, 1.807) is 26.5 Å². The molecule has 1 N–H and O–H groups in total. The number of aromatic nitrogens is 3. The fourth-order valence-electron chi connectivity index (χ4n) is 1.47. The summed E-state index contributed by atoms with van der Waals surface area (Å²) in [4.78, 5) is 25.4. The topological polar surface area (TPSA) is 71.0 Å². The van der Waals surface area contributed by atoms with Gasteiger partial charge < -0.3 is 10.2 Å². The lowest BCUT2D eigenvalue weighted by molar-refractivity contribution is 0.0827. The van der Waals surface area contributed by atoms with E-state index in [0.29, 0.717) is 18.1 Å². The second-order valence-electron chi connectivity index (χ2n) is 4.21. The van der Waals surface area contributed by atoms with Crippen molar-refractivity contribution >= 4 is 11.9 Å². The maximum atomic E-state index is 11.7. The SMILES string of the molecule is CN(C)C(=O)c1cnc(NCc2cccnc2)nc1. The lowest BCUT2D eigenvalue weighted by atomic mass is 10.3. The molecule has 6 heteroatoms. The maximum absolute atomic E-state index is 11.7. The highest BCUT2D eigenvalue weighted by molar-refractivity contribution is 5.93. The van der Waals surface area contributed by atoms with Gasteiger partial charge in [-0.2, -0.15) is 0 Å². The van der Waals surface area contributed by atoms with E-state index < -0.39 is 0 Å². The molecule has 0 aliphatic rings. The molecule has 2 aromatic heterocycles. The zero-order valence-electron chi connectivity index (χ0n) is 10.9. The number of hydrogen-bond acceptors (Lipinski definition) is 5. The van der Waals surface area contributed by atoms with Crippen molar-refractivity contribution in [2.45, 2.75) is 6.54 Å². The normalized spacial score (nSPS) is 10.0. The van der Waals surface area contributed by atoms with Gasteiger partial charge in [-0.25, -0.2) is 9.97 Å². The fraction of sp³-hybridized carbons (Fsp3) is 0.231. The number of hydrogen-bond donors (Lipinski definition) is 1. The van der Waals surface area contributed by atoms with Crippen molar-refractivity contribution in [3.05, 3.63) is 48.0 Å². The van der Waals surface area contributed by atoms with Gasteiger partial charge in [-0.1, -0.05) is 6.07 Å². The summed E-state index contributed by atoms with van der Waals surface area (Å²) in [6, 6.07) is 3.83. The minimum Gasteiger partial charge on any atom is -0.350 e. The van der Waals surface area contributed by atoms with Crippen molar-refractivity contribution in [2.24, 2.45) is 0 Å². The molecule has 2 aromatic rings. The van der Waals surface area contributed by atoms with Gasteiger partial charge in [0.05, 0.1) is 5.56 Å². The quantitative estimate of drug-likeness (QED) is 0.890. The predicted octanol–water partition coefficient (Wildman–Crippen LogP) is 1.19. The highest BCUT2D eigenvalue weighted by Crippen LogP contribution is 2.04. The van der Waals surface area contributed by atoms with Crippen LogP contribution in [-0.2, 0) is 6.54 Å². The maximum Gasteiger partial charge on any atom is 0.256 e. The van der Waals surface area contributed by atoms with Crippen LogP contribution in [0.4, 0.5) is 5.95 Å². The Labute approximate surface area is 111 Å². The zero-order chi connectivity index (χ0) is 13.7. The average molecular weight is 257 g/mol. The molecule has 0 saturated carbocycles. The van der Waals surface area contributed by atoms with Gasteiger partial charge in [0.15, 0.2) is 0 Å². The number of nitrogens with zero attached hydrogens (tertiary/aromatic N) is 4. The predicted molar refractivity (Wildman–Crippen MR) is 71.6 cm³/mol. The molecule has 19 heavy (non-hydrogen) atoms. The molecule has 0 saturated heterocycles. The number of rotatable bonds is 4. The molecule has 0 aliphatic heterocycles. The van der Waals surface area contributed by atoms with Gasteiger partial charge >= 0.3 is 0 Å². The largest absolute Gasteiger partial charge is 0.350 e. The standard InChI is InChI=1S/C13H15N5O/c1-18(2)12(19)11-8-16-13(17-9-11)15-7-10-4-3-5-14-6-10/h3-6,8-9H,7H2,1-2H3,(H,15,16,17). The van der Waals surface area contributed by atoms with Crippen molar-refractivity contribution < 1.29 is 4.79 Å². The van der Waals surface area contributed by atoms with Crippen molar-refractivity contribution in [2.75, 3.05) is 19.4 Å². The first-order chi connectivity index (χ1) is 9.16. The van der Waals surface area contributed by atoms with Crippen molar-refractivity contribution in [3.63, 3.8) is 0 Å². The molecule has 6 nitrogen and oxygen atoms in total. The van der Waals surface area contributed by atoms with Crippen LogP contribution in [0.3, 0.4) is 0 Å². The smallest absolute Gasteiger partial charge is 0.256 e. The Morgan fingerprint density at radius 3 is 2.58 bits per heavy atom. The number of pyridine rings is 1. The highest BCUT2D eigenvalue weighted by atomic mass is 16.2. The summed E-state index contributed by atoms with van der Waals surface area (Å²) in [6.45, 7) is 0.592. The third kappa shape index (κ3) is 3.48. The summed E-state index contributed by atoms with van der Waals surface area (Å²) in [5, 5.41) is 3.07. The van der Waals surface area contributed by atoms with Crippen LogP contribution in [0.2, 0.25) is 0 Å². The van der Waals surface area contributed by atoms with Gasteiger partial charge in [0.1, 0.15) is 0 Å². The van der Waals surface area contributed by atoms with Crippen LogP contribution >= 0.6 is 0 Å². The average Bonchev–Trinajstić information content (AvgIpc) is 2.46. The first kappa shape index (κ1) is 12.9. The lowest BCUT2D eigenvalue weighted by Crippen LogP contribution is -2.22. The van der Waals surface area contributed by atoms with Crippen LogP contribution in [0, 0.1) is 0 Å². The number of anilines is 1. The Bertz CT molecular complexity index is 539. The molecule has 2 heterocycles. The summed E-state index contributed by atoms with van der Waals surface area (Å²) in [5.41, 5.74) is 1.51. The van der Waals surface area contributed by atoms with E-state index in [2.05, 4.69) is 20.3 Å². The van der Waals surface area contributed by atoms with Gasteiger partial charge in [-0.05, 0) is 11.6 Å². The Balaban J connectivity index is 1.98. The molecule has 0 spiro atoms. The van der Waals surface area contributed by atoms with E-state index in [-0.39, 0.29) is 5.91 Å². The molecule has 1 amide bonds. The van der Waals surface area contributed by atoms with Gasteiger partial charge in [0.2, 0.25) is 5.95 Å². The van der Waals surface area contributed by atoms with E-state index >= 15 is 0 Å². The number of nitrogens with one attached hydrogen (secondary N) is 1. The Morgan fingerprint density at radius 1 is 1.26 bits per heavy atom. The lowest BCUT2D eigenvalue weighted by Gasteiger charge is -2.10. The van der Waals surface area contributed by atoms with Gasteiger partial charge in [-0.3, -0.25) is 9.78 Å². The third-order valence-corrected chi connectivity index (χ3v) is 2.48. The van der Waals surface area contributed by atoms with Crippen molar-refractivity contribution in [1.82, 2.24) is 19.9 Å². The van der Waals surface area contributed by atoms with E-state index in [1.165, 1.54) is 17.3 Å². The summed E-state index contributed by atoms with van der Waals surface area (Å²) in [6.07, 6.45) is 6.53. The summed E-state index contributed by atoms with van der Waals surface area (Å²) < 4.78 is 0. The van der Waals surface area contributed by atoms with E-state index in [1.807, 2.05) is 12.1 Å². The molecule has 0 aromatic carbocycles. The summed E-state index contributed by atoms with van der Waals surface area (Å²) in [7, 11) is 3.38. The van der Waals surface area contributed by atoms with Crippen LogP contribution in [0.5, 0.6) is 0 Å². The van der Waals surface area contributed by atoms with Gasteiger partial charge in [-0.15, -0.1) is 0 Å². The number of carbonyl (C=O) groups is 1. The molecule has 0 atom stereocenters. The Kier molecular flexibility index (Phi) is 4.02. The zero-order valence-corrected chi connectivity index (χ0v) is 10.9. The number of amides is 1. The van der Waals surface area contributed by atoms with Crippen molar-refractivity contribution in [3.8, 4) is 0 Å². The molecule has 0 radical (unpaired) electrons. The van der Waals surface area contributed by atoms with E-state index in [0.717, 1.165) is 5.56 Å². The third-order valence-electron chi connectivity index (χ3n) is 2.48. The second kappa shape index (κ2) is 5.90. The Hall–Kier alpha value is -2.50. The summed E-state index contributed by atoms with van der Waals surface area (Å²) in [5.74, 6) is 0.373. The highest BCUT2D eigenvalue weighted by Gasteiger charge is 2.08. The van der Waals surface area contributed by atoms with Gasteiger partial charge in [0, 0.05) is 45.4 Å². The molecular formula is C13H15N5O. The second-order valence-corrected chi connectivity index (χ2v) is 4.21. The molecule has 2 rings (SSSR count). The molecule has 0 fully saturated rings. The van der Waals surface area contributed by atoms with Crippen LogP contribution in [-0.4, -0.2) is 39.9 Å². The van der Waals surface area contributed by atoms with Crippen molar-refractivity contribution in [1.29, 1.82) is 0 Å². The Morgan fingerprint density at radius 2 is 2.00 bits per heavy atom. The molecule has 0 unspecified atom stereocenters. The van der Waals surface area contributed by atoms with Gasteiger partial charge in [0.25, 0.3) is 5.91 Å².